The van der Waals surface area contributed by atoms with Crippen LogP contribution in [0.15, 0.2) is 35.5 Å². The minimum absolute atomic E-state index is 0.399. The van der Waals surface area contributed by atoms with Crippen LogP contribution in [0, 0.1) is 0 Å². The fourth-order valence-corrected chi connectivity index (χ4v) is 3.66. The van der Waals surface area contributed by atoms with E-state index < -0.39 is 0 Å². The minimum Gasteiger partial charge on any atom is -0.411 e. The summed E-state index contributed by atoms with van der Waals surface area (Å²) in [6.45, 7) is 0. The van der Waals surface area contributed by atoms with Crippen LogP contribution in [0.3, 0.4) is 0 Å². The zero-order valence-electron chi connectivity index (χ0n) is 10.7. The molecule has 1 atom stereocenters. The van der Waals surface area contributed by atoms with Crippen molar-refractivity contribution in [2.45, 2.75) is 49.5 Å². The Morgan fingerprint density at radius 1 is 1.11 bits per heavy atom. The van der Waals surface area contributed by atoms with Gasteiger partial charge in [-0.05, 0) is 24.8 Å². The van der Waals surface area contributed by atoms with Crippen molar-refractivity contribution < 1.29 is 5.21 Å². The van der Waals surface area contributed by atoms with Crippen molar-refractivity contribution in [3.05, 3.63) is 35.9 Å². The smallest absolute Gasteiger partial charge is 0.0700 e. The molecular formula is C15H21NOS. The van der Waals surface area contributed by atoms with Crippen molar-refractivity contribution in [3.8, 4) is 0 Å². The molecule has 0 amide bonds. The Labute approximate surface area is 113 Å². The molecule has 0 saturated heterocycles. The maximum absolute atomic E-state index is 9.15. The molecule has 1 aliphatic rings. The zero-order valence-corrected chi connectivity index (χ0v) is 11.5. The fraction of sp³-hybridized carbons (Fsp3) is 0.533. The van der Waals surface area contributed by atoms with Crippen LogP contribution >= 0.6 is 11.8 Å². The lowest BCUT2D eigenvalue weighted by molar-refractivity contribution is 0.315. The van der Waals surface area contributed by atoms with Gasteiger partial charge >= 0.3 is 0 Å². The number of hydrogen-bond donors (Lipinski definition) is 1. The molecule has 3 heteroatoms. The summed E-state index contributed by atoms with van der Waals surface area (Å²) < 4.78 is 0. The second kappa shape index (κ2) is 7.47. The number of rotatable bonds is 3. The molecule has 0 heterocycles. The molecule has 1 aromatic rings. The van der Waals surface area contributed by atoms with Gasteiger partial charge in [-0.1, -0.05) is 54.8 Å². The van der Waals surface area contributed by atoms with Gasteiger partial charge in [0.15, 0.2) is 0 Å². The summed E-state index contributed by atoms with van der Waals surface area (Å²) in [5.41, 5.74) is 2.34. The maximum atomic E-state index is 9.15. The van der Waals surface area contributed by atoms with Crippen molar-refractivity contribution in [1.82, 2.24) is 0 Å². The highest BCUT2D eigenvalue weighted by Crippen LogP contribution is 2.27. The van der Waals surface area contributed by atoms with Gasteiger partial charge in [-0.2, -0.15) is 0 Å². The van der Waals surface area contributed by atoms with E-state index >= 15 is 0 Å². The van der Waals surface area contributed by atoms with Crippen LogP contribution in [-0.2, 0) is 5.75 Å². The third kappa shape index (κ3) is 4.05. The van der Waals surface area contributed by atoms with E-state index in [4.69, 9.17) is 5.21 Å². The summed E-state index contributed by atoms with van der Waals surface area (Å²) in [5.74, 6) is 1.00. The van der Waals surface area contributed by atoms with Gasteiger partial charge in [0.1, 0.15) is 0 Å². The van der Waals surface area contributed by atoms with Crippen molar-refractivity contribution in [1.29, 1.82) is 0 Å². The van der Waals surface area contributed by atoms with Gasteiger partial charge in [0.05, 0.1) is 5.71 Å². The first kappa shape index (κ1) is 13.5. The molecule has 2 nitrogen and oxygen atoms in total. The van der Waals surface area contributed by atoms with Gasteiger partial charge in [-0.25, -0.2) is 0 Å². The van der Waals surface area contributed by atoms with Crippen molar-refractivity contribution >= 4 is 17.5 Å². The highest BCUT2D eigenvalue weighted by Gasteiger charge is 2.18. The highest BCUT2D eigenvalue weighted by atomic mass is 32.2. The van der Waals surface area contributed by atoms with Gasteiger partial charge in [-0.15, -0.1) is 11.8 Å². The van der Waals surface area contributed by atoms with E-state index in [2.05, 4.69) is 29.4 Å². The number of hydrogen-bond acceptors (Lipinski definition) is 3. The predicted octanol–water partition coefficient (Wildman–Crippen LogP) is 4.47. The maximum Gasteiger partial charge on any atom is 0.0700 e. The van der Waals surface area contributed by atoms with Crippen LogP contribution in [0.4, 0.5) is 0 Å². The third-order valence-corrected chi connectivity index (χ3v) is 4.85. The second-order valence-corrected chi connectivity index (χ2v) is 6.02. The largest absolute Gasteiger partial charge is 0.411 e. The standard InChI is InChI=1S/C15H21NOS/c17-16-14-10-6-1-2-7-11-15(14)18-12-13-8-4-3-5-9-13/h3-5,8-9,15,17H,1-2,6-7,10-12H2. The van der Waals surface area contributed by atoms with E-state index in [1.165, 1.54) is 31.2 Å². The quantitative estimate of drug-likeness (QED) is 0.644. The van der Waals surface area contributed by atoms with Gasteiger partial charge in [0.2, 0.25) is 0 Å². The molecule has 1 N–H and O–H groups in total. The second-order valence-electron chi connectivity index (χ2n) is 4.83. The molecule has 1 unspecified atom stereocenters. The van der Waals surface area contributed by atoms with Crippen LogP contribution in [0.2, 0.25) is 0 Å². The lowest BCUT2D eigenvalue weighted by Crippen LogP contribution is -2.19. The summed E-state index contributed by atoms with van der Waals surface area (Å²) in [4.78, 5) is 0. The molecule has 0 spiro atoms. The highest BCUT2D eigenvalue weighted by molar-refractivity contribution is 7.99. The minimum atomic E-state index is 0.399. The van der Waals surface area contributed by atoms with Crippen molar-refractivity contribution in [2.24, 2.45) is 5.16 Å². The molecular weight excluding hydrogens is 242 g/mol. The average molecular weight is 263 g/mol. The first-order valence-electron chi connectivity index (χ1n) is 6.76. The number of nitrogens with zero attached hydrogens (tertiary/aromatic N) is 1. The van der Waals surface area contributed by atoms with E-state index in [1.54, 1.807) is 0 Å². The lowest BCUT2D eigenvalue weighted by Gasteiger charge is -2.20. The summed E-state index contributed by atoms with van der Waals surface area (Å²) in [7, 11) is 0. The van der Waals surface area contributed by atoms with Crippen LogP contribution < -0.4 is 0 Å². The average Bonchev–Trinajstić information content (AvgIpc) is 2.39. The molecule has 18 heavy (non-hydrogen) atoms. The van der Waals surface area contributed by atoms with E-state index in [1.807, 2.05) is 17.8 Å². The Balaban J connectivity index is 1.92. The van der Waals surface area contributed by atoms with E-state index in [0.29, 0.717) is 5.25 Å². The van der Waals surface area contributed by atoms with E-state index in [-0.39, 0.29) is 0 Å². The molecule has 0 radical (unpaired) electrons. The van der Waals surface area contributed by atoms with Crippen molar-refractivity contribution in [2.75, 3.05) is 0 Å². The molecule has 1 fully saturated rings. The normalized spacial score (nSPS) is 23.6. The zero-order chi connectivity index (χ0) is 12.6. The Hall–Kier alpha value is -0.960. The summed E-state index contributed by atoms with van der Waals surface area (Å²) >= 11 is 1.91. The first-order valence-corrected chi connectivity index (χ1v) is 7.81. The fourth-order valence-electron chi connectivity index (χ4n) is 2.38. The van der Waals surface area contributed by atoms with Crippen LogP contribution in [0.25, 0.3) is 0 Å². The molecule has 98 valence electrons. The summed E-state index contributed by atoms with van der Waals surface area (Å²) in [5, 5.41) is 13.1. The molecule has 1 aromatic carbocycles. The molecule has 1 aliphatic carbocycles. The van der Waals surface area contributed by atoms with Crippen LogP contribution in [-0.4, -0.2) is 16.2 Å². The topological polar surface area (TPSA) is 32.6 Å². The SMILES string of the molecule is ON=C1CCCCCCC1SCc1ccccc1. The Kier molecular flexibility index (Phi) is 5.59. The van der Waals surface area contributed by atoms with Gasteiger partial charge in [-0.3, -0.25) is 0 Å². The van der Waals surface area contributed by atoms with E-state index in [9.17, 15) is 0 Å². The third-order valence-electron chi connectivity index (χ3n) is 3.44. The number of benzene rings is 1. The molecule has 1 saturated carbocycles. The van der Waals surface area contributed by atoms with Crippen molar-refractivity contribution in [3.63, 3.8) is 0 Å². The first-order chi connectivity index (χ1) is 8.90. The molecule has 0 aromatic heterocycles. The molecule has 0 bridgehead atoms. The molecule has 2 rings (SSSR count). The van der Waals surface area contributed by atoms with Crippen LogP contribution in [0.1, 0.15) is 44.1 Å². The number of thioether (sulfide) groups is 1. The summed E-state index contributed by atoms with van der Waals surface area (Å²) in [6.07, 6.45) is 7.13. The van der Waals surface area contributed by atoms with Gasteiger partial charge in [0, 0.05) is 11.0 Å². The Morgan fingerprint density at radius 2 is 1.89 bits per heavy atom. The Bertz CT molecular complexity index is 377. The number of oxime groups is 1. The summed E-state index contributed by atoms with van der Waals surface area (Å²) in [6, 6.07) is 10.5. The Morgan fingerprint density at radius 3 is 2.67 bits per heavy atom. The monoisotopic (exact) mass is 263 g/mol. The lowest BCUT2D eigenvalue weighted by atomic mass is 9.99. The van der Waals surface area contributed by atoms with Gasteiger partial charge < -0.3 is 5.21 Å². The van der Waals surface area contributed by atoms with E-state index in [0.717, 1.165) is 24.3 Å². The van der Waals surface area contributed by atoms with Crippen LogP contribution in [0.5, 0.6) is 0 Å². The molecule has 0 aliphatic heterocycles. The van der Waals surface area contributed by atoms with Gasteiger partial charge in [0.25, 0.3) is 0 Å². The predicted molar refractivity (Wildman–Crippen MR) is 78.4 cm³/mol.